The van der Waals surface area contributed by atoms with Gasteiger partial charge in [-0.05, 0) is 79.3 Å². The number of carbonyl (C=O) groups excluding carboxylic acids is 1. The predicted octanol–water partition coefficient (Wildman–Crippen LogP) is 7.37. The van der Waals surface area contributed by atoms with Gasteiger partial charge in [-0.25, -0.2) is 14.5 Å². The number of aromatic nitrogens is 4. The summed E-state index contributed by atoms with van der Waals surface area (Å²) in [6.45, 7) is 6.70. The number of methoxy groups -OCH3 is 1. The van der Waals surface area contributed by atoms with E-state index in [4.69, 9.17) is 4.74 Å². The first-order valence-electron chi connectivity index (χ1n) is 14.6. The van der Waals surface area contributed by atoms with E-state index >= 15 is 0 Å². The minimum Gasteiger partial charge on any atom is -0.497 e. The molecule has 3 aromatic carbocycles. The normalized spacial score (nSPS) is 12.0. The lowest BCUT2D eigenvalue weighted by atomic mass is 10.0. The van der Waals surface area contributed by atoms with Crippen LogP contribution in [0.3, 0.4) is 0 Å². The highest BCUT2D eigenvalue weighted by molar-refractivity contribution is 7.07. The molecule has 2 aromatic heterocycles. The Morgan fingerprint density at radius 2 is 1.76 bits per heavy atom. The summed E-state index contributed by atoms with van der Waals surface area (Å²) in [6, 6.07) is 18.7. The highest BCUT2D eigenvalue weighted by Crippen LogP contribution is 2.28. The van der Waals surface area contributed by atoms with Gasteiger partial charge in [0.05, 0.1) is 18.5 Å². The largest absolute Gasteiger partial charge is 0.573 e. The van der Waals surface area contributed by atoms with Crippen LogP contribution in [0.15, 0.2) is 83.4 Å². The van der Waals surface area contributed by atoms with Crippen molar-refractivity contribution in [3.63, 3.8) is 0 Å². The Labute approximate surface area is 268 Å². The van der Waals surface area contributed by atoms with Gasteiger partial charge in [0.1, 0.15) is 17.8 Å². The van der Waals surface area contributed by atoms with Gasteiger partial charge >= 0.3 is 12.4 Å². The van der Waals surface area contributed by atoms with E-state index in [2.05, 4.69) is 39.0 Å². The van der Waals surface area contributed by atoms with Crippen LogP contribution in [-0.2, 0) is 6.42 Å². The fourth-order valence-electron chi connectivity index (χ4n) is 4.84. The summed E-state index contributed by atoms with van der Waals surface area (Å²) < 4.78 is 50.0. The van der Waals surface area contributed by atoms with E-state index in [1.807, 2.05) is 59.3 Å². The zero-order chi connectivity index (χ0) is 32.8. The summed E-state index contributed by atoms with van der Waals surface area (Å²) in [5, 5.41) is 9.32. The van der Waals surface area contributed by atoms with E-state index in [1.165, 1.54) is 46.6 Å². The monoisotopic (exact) mass is 650 g/mol. The van der Waals surface area contributed by atoms with Crippen molar-refractivity contribution >= 4 is 17.4 Å². The first-order valence-corrected chi connectivity index (χ1v) is 15.4. The third kappa shape index (κ3) is 8.02. The molecule has 2 amide bonds. The molecule has 0 bridgehead atoms. The smallest absolute Gasteiger partial charge is 0.497 e. The van der Waals surface area contributed by atoms with Crippen LogP contribution in [-0.4, -0.2) is 45.4 Å². The number of aryl methyl sites for hydroxylation is 2. The third-order valence-corrected chi connectivity index (χ3v) is 8.07. The summed E-state index contributed by atoms with van der Waals surface area (Å²) in [6.07, 6.45) is -1.78. The molecule has 0 atom stereocenters. The maximum Gasteiger partial charge on any atom is 0.573 e. The highest BCUT2D eigenvalue weighted by Gasteiger charge is 2.31. The Balaban J connectivity index is 1.16. The number of halogens is 3. The number of ether oxygens (including phenoxy) is 2. The van der Waals surface area contributed by atoms with E-state index in [1.54, 1.807) is 7.11 Å². The van der Waals surface area contributed by atoms with Crippen LogP contribution >= 0.6 is 11.3 Å². The van der Waals surface area contributed by atoms with Gasteiger partial charge in [0.25, 0.3) is 0 Å². The van der Waals surface area contributed by atoms with Gasteiger partial charge in [-0.15, -0.1) is 29.6 Å². The summed E-state index contributed by atoms with van der Waals surface area (Å²) in [7, 11) is 1.65. The quantitative estimate of drug-likeness (QED) is 0.159. The number of nitrogens with zero attached hydrogens (tertiary/aromatic N) is 5. The molecule has 13 heteroatoms. The molecule has 0 radical (unpaired) electrons. The second kappa shape index (κ2) is 14.0. The molecule has 0 aliphatic heterocycles. The standard InChI is InChI=1S/C33H33F3N6O3S/c1-21(2)28-18-27(44-4)15-16-29(28)42-22(3)19-46-32(42)39-31(43)37-17-5-6-23-7-9-24(10-8-23)30-38-20-41(40-30)25-11-13-26(14-12-25)45-33(34,35)36/h7-16,18-21H,5-6,17H2,1-4H3,(H,37,43)/b39-32-. The molecule has 0 saturated carbocycles. The van der Waals surface area contributed by atoms with Crippen molar-refractivity contribution in [2.75, 3.05) is 13.7 Å². The molecule has 0 saturated heterocycles. The molecule has 46 heavy (non-hydrogen) atoms. The second-order valence-electron chi connectivity index (χ2n) is 10.8. The highest BCUT2D eigenvalue weighted by atomic mass is 32.1. The molecule has 5 rings (SSSR count). The van der Waals surface area contributed by atoms with Gasteiger partial charge in [-0.3, -0.25) is 4.57 Å². The van der Waals surface area contributed by atoms with Gasteiger partial charge < -0.3 is 14.8 Å². The van der Waals surface area contributed by atoms with Crippen molar-refractivity contribution in [2.45, 2.75) is 45.9 Å². The topological polar surface area (TPSA) is 95.6 Å². The predicted molar refractivity (Wildman–Crippen MR) is 170 cm³/mol. The Morgan fingerprint density at radius 1 is 1.04 bits per heavy atom. The minimum atomic E-state index is -4.75. The van der Waals surface area contributed by atoms with Crippen LogP contribution in [0.4, 0.5) is 18.0 Å². The fourth-order valence-corrected chi connectivity index (χ4v) is 5.71. The molecule has 2 heterocycles. The Kier molecular flexibility index (Phi) is 9.90. The lowest BCUT2D eigenvalue weighted by Crippen LogP contribution is -2.26. The average Bonchev–Trinajstić information content (AvgIpc) is 3.66. The van der Waals surface area contributed by atoms with E-state index in [0.29, 0.717) is 22.9 Å². The van der Waals surface area contributed by atoms with Crippen molar-refractivity contribution in [3.05, 3.63) is 100 Å². The molecule has 240 valence electrons. The molecule has 0 spiro atoms. The molecule has 0 unspecified atom stereocenters. The maximum atomic E-state index is 12.7. The van der Waals surface area contributed by atoms with Gasteiger partial charge in [-0.2, -0.15) is 4.99 Å². The van der Waals surface area contributed by atoms with Crippen LogP contribution in [0.25, 0.3) is 22.8 Å². The zero-order valence-electron chi connectivity index (χ0n) is 25.7. The van der Waals surface area contributed by atoms with E-state index in [-0.39, 0.29) is 11.7 Å². The van der Waals surface area contributed by atoms with Crippen LogP contribution < -0.4 is 19.6 Å². The van der Waals surface area contributed by atoms with Crippen molar-refractivity contribution < 1.29 is 27.4 Å². The molecule has 0 aliphatic rings. The van der Waals surface area contributed by atoms with Gasteiger partial charge in [0, 0.05) is 23.2 Å². The second-order valence-corrected chi connectivity index (χ2v) is 11.6. The van der Waals surface area contributed by atoms with Crippen molar-refractivity contribution in [3.8, 4) is 34.3 Å². The first-order chi connectivity index (χ1) is 22.0. The Hall–Kier alpha value is -4.91. The number of alkyl halides is 3. The summed E-state index contributed by atoms with van der Waals surface area (Å²) >= 11 is 1.42. The molecule has 9 nitrogen and oxygen atoms in total. The number of benzene rings is 3. The minimum absolute atomic E-state index is 0.248. The van der Waals surface area contributed by atoms with Crippen molar-refractivity contribution in [1.82, 2.24) is 24.6 Å². The molecular formula is C33H33F3N6O3S. The molecular weight excluding hydrogens is 617 g/mol. The van der Waals surface area contributed by atoms with Crippen LogP contribution in [0.1, 0.15) is 43.0 Å². The fraction of sp³-hybridized carbons (Fsp3) is 0.273. The van der Waals surface area contributed by atoms with Crippen LogP contribution in [0.5, 0.6) is 11.5 Å². The average molecular weight is 651 g/mol. The summed E-state index contributed by atoms with van der Waals surface area (Å²) in [5.41, 5.74) is 5.49. The third-order valence-electron chi connectivity index (χ3n) is 7.13. The summed E-state index contributed by atoms with van der Waals surface area (Å²) in [4.78, 5) is 22.0. The maximum absolute atomic E-state index is 12.7. The molecule has 1 N–H and O–H groups in total. The van der Waals surface area contributed by atoms with E-state index in [0.717, 1.165) is 46.7 Å². The number of hydrogen-bond acceptors (Lipinski definition) is 6. The number of rotatable bonds is 10. The first kappa shape index (κ1) is 32.5. The van der Waals surface area contributed by atoms with Crippen molar-refractivity contribution in [1.29, 1.82) is 0 Å². The molecule has 0 aliphatic carbocycles. The Bertz CT molecular complexity index is 1860. The number of carbonyl (C=O) groups is 1. The number of thiazole rings is 1. The number of amides is 2. The zero-order valence-corrected chi connectivity index (χ0v) is 26.5. The summed E-state index contributed by atoms with van der Waals surface area (Å²) in [5.74, 6) is 1.20. The number of urea groups is 1. The molecule has 0 fully saturated rings. The molecule has 5 aromatic rings. The lowest BCUT2D eigenvalue weighted by Gasteiger charge is -2.16. The van der Waals surface area contributed by atoms with Crippen LogP contribution in [0, 0.1) is 6.92 Å². The SMILES string of the molecule is COc1ccc(-n2c(C)cs/c2=N\C(=O)NCCCc2ccc(-c3ncn(-c4ccc(OC(F)(F)F)cc4)n3)cc2)c(C(C)C)c1. The van der Waals surface area contributed by atoms with E-state index in [9.17, 15) is 18.0 Å². The van der Waals surface area contributed by atoms with Gasteiger partial charge in [0.15, 0.2) is 10.6 Å². The van der Waals surface area contributed by atoms with Gasteiger partial charge in [-0.1, -0.05) is 38.1 Å². The van der Waals surface area contributed by atoms with E-state index < -0.39 is 12.4 Å². The number of hydrogen-bond donors (Lipinski definition) is 1. The Morgan fingerprint density at radius 3 is 2.43 bits per heavy atom. The van der Waals surface area contributed by atoms with Crippen molar-refractivity contribution in [2.24, 2.45) is 4.99 Å². The number of nitrogens with one attached hydrogen (secondary N) is 1. The van der Waals surface area contributed by atoms with Gasteiger partial charge in [0.2, 0.25) is 0 Å². The lowest BCUT2D eigenvalue weighted by molar-refractivity contribution is -0.274. The van der Waals surface area contributed by atoms with Crippen LogP contribution in [0.2, 0.25) is 0 Å².